The molecule has 2 unspecified atom stereocenters. The smallest absolute Gasteiger partial charge is 0.407 e. The van der Waals surface area contributed by atoms with Crippen LogP contribution in [0.3, 0.4) is 0 Å². The zero-order valence-corrected chi connectivity index (χ0v) is 19.4. The van der Waals surface area contributed by atoms with Gasteiger partial charge in [0.2, 0.25) is 5.91 Å². The first-order chi connectivity index (χ1) is 16.3. The van der Waals surface area contributed by atoms with Crippen LogP contribution in [0.4, 0.5) is 4.79 Å². The fourth-order valence-electron chi connectivity index (χ4n) is 4.62. The number of amides is 2. The molecular formula is C26H30N2O6. The number of carbonyl (C=O) groups excluding carboxylic acids is 2. The Morgan fingerprint density at radius 2 is 1.65 bits per heavy atom. The van der Waals surface area contributed by atoms with E-state index in [2.05, 4.69) is 22.8 Å². The Bertz CT molecular complexity index is 1040. The van der Waals surface area contributed by atoms with E-state index < -0.39 is 29.6 Å². The lowest BCUT2D eigenvalue weighted by atomic mass is 9.95. The van der Waals surface area contributed by atoms with Crippen LogP contribution in [0.5, 0.6) is 0 Å². The quantitative estimate of drug-likeness (QED) is 0.495. The second kappa shape index (κ2) is 9.85. The van der Waals surface area contributed by atoms with Gasteiger partial charge in [0.15, 0.2) is 0 Å². The molecule has 2 aliphatic carbocycles. The van der Waals surface area contributed by atoms with Crippen LogP contribution in [0.15, 0.2) is 48.5 Å². The zero-order chi connectivity index (χ0) is 24.3. The normalized spacial score (nSPS) is 17.1. The van der Waals surface area contributed by atoms with Gasteiger partial charge < -0.3 is 25.2 Å². The number of benzene rings is 2. The average Bonchev–Trinajstić information content (AvgIpc) is 3.64. The van der Waals surface area contributed by atoms with Gasteiger partial charge in [-0.2, -0.15) is 0 Å². The number of rotatable bonds is 10. The van der Waals surface area contributed by atoms with Crippen LogP contribution in [0.2, 0.25) is 0 Å². The first kappa shape index (κ1) is 23.8. The van der Waals surface area contributed by atoms with Crippen LogP contribution in [0, 0.1) is 5.92 Å². The maximum absolute atomic E-state index is 12.4. The van der Waals surface area contributed by atoms with Gasteiger partial charge in [0.05, 0.1) is 12.5 Å². The molecule has 2 amide bonds. The molecule has 0 radical (unpaired) electrons. The molecule has 4 rings (SSSR count). The van der Waals surface area contributed by atoms with Crippen molar-refractivity contribution in [3.05, 3.63) is 59.7 Å². The van der Waals surface area contributed by atoms with Crippen LogP contribution >= 0.6 is 0 Å². The zero-order valence-electron chi connectivity index (χ0n) is 19.4. The van der Waals surface area contributed by atoms with Crippen molar-refractivity contribution in [2.24, 2.45) is 5.92 Å². The average molecular weight is 467 g/mol. The number of hydrogen-bond donors (Lipinski definition) is 3. The number of fused-ring (bicyclic) bond motifs is 3. The summed E-state index contributed by atoms with van der Waals surface area (Å²) >= 11 is 0. The van der Waals surface area contributed by atoms with Crippen LogP contribution in [-0.2, 0) is 19.1 Å². The molecule has 0 aliphatic heterocycles. The molecule has 1 fully saturated rings. The largest absolute Gasteiger partial charge is 0.480 e. The highest BCUT2D eigenvalue weighted by Gasteiger charge is 2.48. The molecule has 34 heavy (non-hydrogen) atoms. The number of methoxy groups -OCH3 is 1. The Kier molecular flexibility index (Phi) is 6.88. The molecule has 2 aromatic carbocycles. The first-order valence-electron chi connectivity index (χ1n) is 11.5. The molecule has 180 valence electrons. The molecule has 3 N–H and O–H groups in total. The predicted octanol–water partition coefficient (Wildman–Crippen LogP) is 3.30. The van der Waals surface area contributed by atoms with Gasteiger partial charge in [-0.1, -0.05) is 48.5 Å². The molecule has 0 bridgehead atoms. The van der Waals surface area contributed by atoms with E-state index in [1.165, 1.54) is 14.0 Å². The topological polar surface area (TPSA) is 114 Å². The van der Waals surface area contributed by atoms with Gasteiger partial charge in [-0.3, -0.25) is 4.79 Å². The number of ether oxygens (including phenoxy) is 2. The van der Waals surface area contributed by atoms with Crippen molar-refractivity contribution in [1.29, 1.82) is 0 Å². The monoisotopic (exact) mass is 466 g/mol. The SMILES string of the molecule is COC(CNC(=O)OCC1c2ccccc2-c2ccccc21)CC(=O)NC(C)(C(=O)O)C1CC1. The number of hydrogen-bond acceptors (Lipinski definition) is 5. The van der Waals surface area contributed by atoms with Crippen molar-refractivity contribution >= 4 is 18.0 Å². The van der Waals surface area contributed by atoms with Crippen molar-refractivity contribution in [3.63, 3.8) is 0 Å². The summed E-state index contributed by atoms with van der Waals surface area (Å²) in [6.07, 6.45) is 0.270. The summed E-state index contributed by atoms with van der Waals surface area (Å²) in [6, 6.07) is 16.2. The number of nitrogens with one attached hydrogen (secondary N) is 2. The van der Waals surface area contributed by atoms with E-state index in [1.54, 1.807) is 0 Å². The number of carbonyl (C=O) groups is 3. The van der Waals surface area contributed by atoms with E-state index >= 15 is 0 Å². The summed E-state index contributed by atoms with van der Waals surface area (Å²) in [5.41, 5.74) is 3.27. The molecule has 2 aromatic rings. The molecule has 2 aliphatic rings. The Hall–Kier alpha value is -3.39. The fourth-order valence-corrected chi connectivity index (χ4v) is 4.62. The lowest BCUT2D eigenvalue weighted by molar-refractivity contribution is -0.148. The van der Waals surface area contributed by atoms with Crippen LogP contribution in [-0.4, -0.2) is 55.0 Å². The van der Waals surface area contributed by atoms with Gasteiger partial charge in [-0.05, 0) is 47.9 Å². The van der Waals surface area contributed by atoms with Crippen molar-refractivity contribution in [2.75, 3.05) is 20.3 Å². The van der Waals surface area contributed by atoms with E-state index in [0.29, 0.717) is 0 Å². The van der Waals surface area contributed by atoms with Crippen molar-refractivity contribution in [1.82, 2.24) is 10.6 Å². The van der Waals surface area contributed by atoms with Gasteiger partial charge >= 0.3 is 12.1 Å². The standard InChI is InChI=1S/C26H30N2O6/c1-26(24(30)31,16-11-12-16)28-23(29)13-17(33-2)14-27-25(32)34-15-22-20-9-5-3-7-18(20)19-8-4-6-10-21(19)22/h3-10,16-17,22H,11-15H2,1-2H3,(H,27,32)(H,28,29)(H,30,31). The third-order valence-corrected chi connectivity index (χ3v) is 6.80. The lowest BCUT2D eigenvalue weighted by Gasteiger charge is -2.27. The number of alkyl carbamates (subject to hydrolysis) is 1. The Labute approximate surface area is 198 Å². The summed E-state index contributed by atoms with van der Waals surface area (Å²) in [4.78, 5) is 36.4. The van der Waals surface area contributed by atoms with Crippen molar-refractivity contribution in [3.8, 4) is 11.1 Å². The highest BCUT2D eigenvalue weighted by molar-refractivity contribution is 5.87. The minimum Gasteiger partial charge on any atom is -0.480 e. The lowest BCUT2D eigenvalue weighted by Crippen LogP contribution is -2.54. The molecule has 0 aromatic heterocycles. The van der Waals surface area contributed by atoms with Gasteiger partial charge in [0.25, 0.3) is 0 Å². The molecule has 1 saturated carbocycles. The maximum atomic E-state index is 12.4. The summed E-state index contributed by atoms with van der Waals surface area (Å²) in [7, 11) is 1.44. The van der Waals surface area contributed by atoms with Crippen molar-refractivity contribution in [2.45, 2.75) is 43.7 Å². The Balaban J connectivity index is 1.28. The molecule has 8 nitrogen and oxygen atoms in total. The van der Waals surface area contributed by atoms with Crippen LogP contribution in [0.25, 0.3) is 11.1 Å². The van der Waals surface area contributed by atoms with E-state index in [1.807, 2.05) is 36.4 Å². The molecule has 2 atom stereocenters. The van der Waals surface area contributed by atoms with Gasteiger partial charge in [0.1, 0.15) is 12.1 Å². The summed E-state index contributed by atoms with van der Waals surface area (Å²) < 4.78 is 10.8. The van der Waals surface area contributed by atoms with E-state index in [-0.39, 0.29) is 31.4 Å². The van der Waals surface area contributed by atoms with Crippen LogP contribution < -0.4 is 10.6 Å². The number of carboxylic acids is 1. The molecule has 8 heteroatoms. The highest BCUT2D eigenvalue weighted by atomic mass is 16.5. The summed E-state index contributed by atoms with van der Waals surface area (Å²) in [5, 5.41) is 14.8. The van der Waals surface area contributed by atoms with Gasteiger partial charge in [-0.25, -0.2) is 9.59 Å². The third-order valence-electron chi connectivity index (χ3n) is 6.80. The Morgan fingerprint density at radius 1 is 1.06 bits per heavy atom. The molecule has 0 spiro atoms. The second-order valence-electron chi connectivity index (χ2n) is 9.10. The van der Waals surface area contributed by atoms with Crippen LogP contribution in [0.1, 0.15) is 43.2 Å². The molecule has 0 saturated heterocycles. The molecular weight excluding hydrogens is 436 g/mol. The second-order valence-corrected chi connectivity index (χ2v) is 9.10. The molecule has 0 heterocycles. The Morgan fingerprint density at radius 3 is 2.18 bits per heavy atom. The third kappa shape index (κ3) is 4.92. The fraction of sp³-hybridized carbons (Fsp3) is 0.423. The summed E-state index contributed by atoms with van der Waals surface area (Å²) in [6.45, 7) is 1.78. The highest BCUT2D eigenvalue weighted by Crippen LogP contribution is 2.44. The first-order valence-corrected chi connectivity index (χ1v) is 11.5. The predicted molar refractivity (Wildman–Crippen MR) is 125 cm³/mol. The number of aliphatic carboxylic acids is 1. The maximum Gasteiger partial charge on any atom is 0.407 e. The van der Waals surface area contributed by atoms with Gasteiger partial charge in [0, 0.05) is 19.6 Å². The van der Waals surface area contributed by atoms with E-state index in [4.69, 9.17) is 9.47 Å². The number of carboxylic acid groups (broad SMARTS) is 1. The van der Waals surface area contributed by atoms with Crippen molar-refractivity contribution < 1.29 is 29.0 Å². The van der Waals surface area contributed by atoms with Gasteiger partial charge in [-0.15, -0.1) is 0 Å². The van der Waals surface area contributed by atoms with E-state index in [9.17, 15) is 19.5 Å². The minimum absolute atomic E-state index is 0.0433. The van der Waals surface area contributed by atoms with E-state index in [0.717, 1.165) is 35.1 Å². The minimum atomic E-state index is -1.28. The summed E-state index contributed by atoms with van der Waals surface area (Å²) in [5.74, 6) is -1.58.